The van der Waals surface area contributed by atoms with E-state index in [0.717, 1.165) is 0 Å². The number of hydrogen-bond donors (Lipinski definition) is 1. The smallest absolute Gasteiger partial charge is 0.350 e. The normalized spacial score (nSPS) is 11.2. The van der Waals surface area contributed by atoms with Gasteiger partial charge in [0.05, 0.1) is 12.7 Å². The van der Waals surface area contributed by atoms with Crippen LogP contribution in [-0.4, -0.2) is 19.2 Å². The monoisotopic (exact) mass is 245 g/mol. The van der Waals surface area contributed by atoms with Crippen LogP contribution in [0.25, 0.3) is 5.65 Å². The van der Waals surface area contributed by atoms with Gasteiger partial charge in [-0.3, -0.25) is 4.98 Å². The third-order valence-corrected chi connectivity index (χ3v) is 2.61. The molecule has 3 rings (SSSR count). The summed E-state index contributed by atoms with van der Waals surface area (Å²) in [5.74, 6) is 1.33. The van der Waals surface area contributed by atoms with Crippen LogP contribution < -0.4 is 11.4 Å². The van der Waals surface area contributed by atoms with Gasteiger partial charge >= 0.3 is 5.69 Å². The Hall–Kier alpha value is -2.41. The van der Waals surface area contributed by atoms with Crippen LogP contribution in [0.5, 0.6) is 0 Å². The Kier molecular flexibility index (Phi) is 2.45. The summed E-state index contributed by atoms with van der Waals surface area (Å²) in [5.41, 5.74) is 5.74. The average Bonchev–Trinajstić information content (AvgIpc) is 2.97. The number of hydrogen-bond acceptors (Lipinski definition) is 5. The van der Waals surface area contributed by atoms with Crippen LogP contribution in [0.2, 0.25) is 0 Å². The fourth-order valence-corrected chi connectivity index (χ4v) is 1.75. The first-order valence-corrected chi connectivity index (χ1v) is 5.45. The van der Waals surface area contributed by atoms with E-state index in [-0.39, 0.29) is 12.2 Å². The van der Waals surface area contributed by atoms with Crippen LogP contribution in [0.1, 0.15) is 11.5 Å². The van der Waals surface area contributed by atoms with Crippen LogP contribution >= 0.6 is 0 Å². The van der Waals surface area contributed by atoms with Gasteiger partial charge in [-0.25, -0.2) is 13.9 Å². The summed E-state index contributed by atoms with van der Waals surface area (Å²) < 4.78 is 8.20. The van der Waals surface area contributed by atoms with E-state index in [2.05, 4.69) is 10.1 Å². The highest BCUT2D eigenvalue weighted by atomic mass is 16.3. The minimum Gasteiger partial charge on any atom is -0.463 e. The molecular weight excluding hydrogens is 234 g/mol. The van der Waals surface area contributed by atoms with Crippen LogP contribution in [0.3, 0.4) is 0 Å². The molecule has 0 unspecified atom stereocenters. The van der Waals surface area contributed by atoms with Crippen molar-refractivity contribution in [2.45, 2.75) is 13.1 Å². The molecule has 0 saturated heterocycles. The quantitative estimate of drug-likeness (QED) is 0.700. The van der Waals surface area contributed by atoms with Crippen molar-refractivity contribution in [3.8, 4) is 0 Å². The van der Waals surface area contributed by atoms with E-state index in [0.29, 0.717) is 23.7 Å². The number of fused-ring (bicyclic) bond motifs is 1. The number of nitrogens with two attached hydrogens (primary N) is 1. The van der Waals surface area contributed by atoms with Gasteiger partial charge in [0.15, 0.2) is 5.65 Å². The van der Waals surface area contributed by atoms with Gasteiger partial charge in [0.25, 0.3) is 0 Å². The van der Waals surface area contributed by atoms with E-state index >= 15 is 0 Å². The van der Waals surface area contributed by atoms with E-state index in [1.165, 1.54) is 15.3 Å². The van der Waals surface area contributed by atoms with E-state index in [1.54, 1.807) is 24.5 Å². The van der Waals surface area contributed by atoms with E-state index in [4.69, 9.17) is 10.2 Å². The summed E-state index contributed by atoms with van der Waals surface area (Å²) in [6.45, 7) is 0.616. The molecule has 3 heterocycles. The molecule has 0 spiro atoms. The molecule has 0 bridgehead atoms. The summed E-state index contributed by atoms with van der Waals surface area (Å²) in [7, 11) is 0. The molecule has 0 radical (unpaired) electrons. The third kappa shape index (κ3) is 1.70. The highest BCUT2D eigenvalue weighted by Gasteiger charge is 2.09. The Morgan fingerprint density at radius 3 is 2.89 bits per heavy atom. The Morgan fingerprint density at radius 1 is 1.33 bits per heavy atom. The van der Waals surface area contributed by atoms with Crippen molar-refractivity contribution in [3.63, 3.8) is 0 Å². The third-order valence-electron chi connectivity index (χ3n) is 2.61. The first kappa shape index (κ1) is 10.7. The van der Waals surface area contributed by atoms with E-state index in [1.807, 2.05) is 0 Å². The van der Waals surface area contributed by atoms with Crippen LogP contribution in [0.15, 0.2) is 39.9 Å². The van der Waals surface area contributed by atoms with Gasteiger partial charge < -0.3 is 10.2 Å². The van der Waals surface area contributed by atoms with Crippen molar-refractivity contribution in [1.82, 2.24) is 19.2 Å². The fourth-order valence-electron chi connectivity index (χ4n) is 1.75. The molecule has 0 saturated carbocycles. The van der Waals surface area contributed by atoms with Gasteiger partial charge in [-0.05, 0) is 12.1 Å². The molecule has 7 heteroatoms. The lowest BCUT2D eigenvalue weighted by Gasteiger charge is -1.95. The van der Waals surface area contributed by atoms with Crippen molar-refractivity contribution in [3.05, 3.63) is 52.7 Å². The minimum absolute atomic E-state index is 0.224. The predicted octanol–water partition coefficient (Wildman–Crippen LogP) is -0.00900. The molecule has 3 aromatic heterocycles. The lowest BCUT2D eigenvalue weighted by atomic mass is 10.4. The maximum absolute atomic E-state index is 12.0. The number of aromatic nitrogens is 4. The molecule has 0 atom stereocenters. The zero-order chi connectivity index (χ0) is 12.5. The highest BCUT2D eigenvalue weighted by molar-refractivity contribution is 5.31. The van der Waals surface area contributed by atoms with Gasteiger partial charge in [0.1, 0.15) is 18.1 Å². The molecule has 0 aromatic carbocycles. The number of nitrogens with zero attached hydrogens (tertiary/aromatic N) is 4. The van der Waals surface area contributed by atoms with Crippen LogP contribution in [0.4, 0.5) is 0 Å². The Bertz CT molecular complexity index is 739. The zero-order valence-electron chi connectivity index (χ0n) is 9.48. The SMILES string of the molecule is NCc1ccc(Cn2nc3cnccn3c2=O)o1. The first-order valence-electron chi connectivity index (χ1n) is 5.45. The van der Waals surface area contributed by atoms with Crippen molar-refractivity contribution >= 4 is 5.65 Å². The van der Waals surface area contributed by atoms with Gasteiger partial charge in [-0.2, -0.15) is 0 Å². The summed E-state index contributed by atoms with van der Waals surface area (Å²) in [5, 5.41) is 4.16. The second-order valence-corrected chi connectivity index (χ2v) is 3.82. The molecule has 92 valence electrons. The predicted molar refractivity (Wildman–Crippen MR) is 62.9 cm³/mol. The summed E-state index contributed by atoms with van der Waals surface area (Å²) in [4.78, 5) is 15.9. The van der Waals surface area contributed by atoms with Gasteiger partial charge in [-0.1, -0.05) is 0 Å². The molecule has 0 fully saturated rings. The second-order valence-electron chi connectivity index (χ2n) is 3.82. The Balaban J connectivity index is 1.99. The molecule has 18 heavy (non-hydrogen) atoms. The summed E-state index contributed by atoms with van der Waals surface area (Å²) in [6.07, 6.45) is 4.65. The second kappa shape index (κ2) is 4.11. The van der Waals surface area contributed by atoms with Crippen LogP contribution in [-0.2, 0) is 13.1 Å². The van der Waals surface area contributed by atoms with E-state index < -0.39 is 0 Å². The molecule has 0 aliphatic rings. The van der Waals surface area contributed by atoms with Crippen molar-refractivity contribution < 1.29 is 4.42 Å². The maximum atomic E-state index is 12.0. The summed E-state index contributed by atoms with van der Waals surface area (Å²) in [6, 6.07) is 3.58. The molecule has 0 aliphatic carbocycles. The molecule has 0 amide bonds. The Morgan fingerprint density at radius 2 is 2.17 bits per heavy atom. The van der Waals surface area contributed by atoms with Gasteiger partial charge in [-0.15, -0.1) is 5.10 Å². The van der Waals surface area contributed by atoms with Gasteiger partial charge in [0, 0.05) is 12.4 Å². The topological polar surface area (TPSA) is 91.4 Å². The average molecular weight is 245 g/mol. The molecule has 7 nitrogen and oxygen atoms in total. The maximum Gasteiger partial charge on any atom is 0.350 e. The molecule has 3 aromatic rings. The van der Waals surface area contributed by atoms with Crippen LogP contribution in [0, 0.1) is 0 Å². The molecule has 2 N–H and O–H groups in total. The van der Waals surface area contributed by atoms with E-state index in [9.17, 15) is 4.79 Å². The highest BCUT2D eigenvalue weighted by Crippen LogP contribution is 2.07. The lowest BCUT2D eigenvalue weighted by molar-refractivity contribution is 0.442. The minimum atomic E-state index is -0.224. The fraction of sp³-hybridized carbons (Fsp3) is 0.182. The number of furan rings is 1. The Labute approximate surface area is 101 Å². The lowest BCUT2D eigenvalue weighted by Crippen LogP contribution is -2.21. The van der Waals surface area contributed by atoms with Crippen molar-refractivity contribution in [2.75, 3.05) is 0 Å². The van der Waals surface area contributed by atoms with Crippen molar-refractivity contribution in [1.29, 1.82) is 0 Å². The summed E-state index contributed by atoms with van der Waals surface area (Å²) >= 11 is 0. The molecular formula is C11H11N5O2. The first-order chi connectivity index (χ1) is 8.78. The zero-order valence-corrected chi connectivity index (χ0v) is 9.48. The van der Waals surface area contributed by atoms with Crippen molar-refractivity contribution in [2.24, 2.45) is 5.73 Å². The molecule has 0 aliphatic heterocycles. The number of rotatable bonds is 3. The largest absolute Gasteiger partial charge is 0.463 e. The standard InChI is InChI=1S/C11H11N5O2/c12-5-8-1-2-9(18-8)7-16-11(17)15-4-3-13-6-10(15)14-16/h1-4,6H,5,7,12H2. The van der Waals surface area contributed by atoms with Gasteiger partial charge in [0.2, 0.25) is 0 Å².